The molecule has 2 aliphatic rings. The Bertz CT molecular complexity index is 2530. The molecule has 4 heteroatoms. The number of ether oxygens (including phenoxy) is 1. The van der Waals surface area contributed by atoms with E-state index in [2.05, 4.69) is 133 Å². The quantitative estimate of drug-likeness (QED) is 0.192. The van der Waals surface area contributed by atoms with Gasteiger partial charge in [-0.2, -0.15) is 0 Å². The number of para-hydroxylation sites is 1. The van der Waals surface area contributed by atoms with Gasteiger partial charge in [-0.3, -0.25) is 0 Å². The van der Waals surface area contributed by atoms with E-state index in [1.54, 1.807) is 0 Å². The van der Waals surface area contributed by atoms with Crippen LogP contribution in [0.3, 0.4) is 0 Å². The molecule has 50 heavy (non-hydrogen) atoms. The molecule has 0 amide bonds. The van der Waals surface area contributed by atoms with Gasteiger partial charge in [0.15, 0.2) is 17.5 Å². The molecule has 1 aliphatic carbocycles. The minimum atomic E-state index is -0.574. The number of nitrogens with zero attached hydrogens (tertiary/aromatic N) is 3. The fourth-order valence-corrected chi connectivity index (χ4v) is 7.81. The molecule has 0 saturated heterocycles. The van der Waals surface area contributed by atoms with Crippen molar-refractivity contribution in [1.29, 1.82) is 0 Å². The molecule has 7 aromatic carbocycles. The first-order valence-electron chi connectivity index (χ1n) is 16.9. The average molecular weight is 640 g/mol. The monoisotopic (exact) mass is 639 g/mol. The van der Waals surface area contributed by atoms with Gasteiger partial charge < -0.3 is 4.74 Å². The maximum Gasteiger partial charge on any atom is 0.164 e. The van der Waals surface area contributed by atoms with Gasteiger partial charge in [0.2, 0.25) is 0 Å². The Kier molecular flexibility index (Phi) is 6.36. The largest absolute Gasteiger partial charge is 0.457 e. The van der Waals surface area contributed by atoms with E-state index in [4.69, 9.17) is 19.7 Å². The summed E-state index contributed by atoms with van der Waals surface area (Å²) in [4.78, 5) is 15.3. The zero-order chi connectivity index (χ0) is 33.1. The Morgan fingerprint density at radius 1 is 0.320 bits per heavy atom. The van der Waals surface area contributed by atoms with Crippen molar-refractivity contribution in [1.82, 2.24) is 15.0 Å². The van der Waals surface area contributed by atoms with Crippen molar-refractivity contribution in [3.63, 3.8) is 0 Å². The minimum Gasteiger partial charge on any atom is -0.457 e. The van der Waals surface area contributed by atoms with Crippen molar-refractivity contribution < 1.29 is 4.74 Å². The molecule has 8 aromatic rings. The lowest BCUT2D eigenvalue weighted by Crippen LogP contribution is -2.32. The summed E-state index contributed by atoms with van der Waals surface area (Å²) >= 11 is 0. The lowest BCUT2D eigenvalue weighted by atomic mass is 9.66. The van der Waals surface area contributed by atoms with Gasteiger partial charge in [0.05, 0.1) is 5.41 Å². The van der Waals surface area contributed by atoms with Crippen LogP contribution in [0.5, 0.6) is 11.5 Å². The normalized spacial score (nSPS) is 13.1. The summed E-state index contributed by atoms with van der Waals surface area (Å²) in [6.45, 7) is 0. The number of hydrogen-bond donors (Lipinski definition) is 0. The van der Waals surface area contributed by atoms with E-state index < -0.39 is 5.41 Å². The Morgan fingerprint density at radius 2 is 0.800 bits per heavy atom. The fraction of sp³-hybridized carbons (Fsp3) is 0.0217. The number of rotatable bonds is 4. The van der Waals surface area contributed by atoms with E-state index >= 15 is 0 Å². The Balaban J connectivity index is 1.21. The van der Waals surface area contributed by atoms with E-state index in [1.807, 2.05) is 42.5 Å². The number of hydrogen-bond acceptors (Lipinski definition) is 4. The Hall–Kier alpha value is -6.65. The summed E-state index contributed by atoms with van der Waals surface area (Å²) in [7, 11) is 0. The molecule has 0 fully saturated rings. The smallest absolute Gasteiger partial charge is 0.164 e. The molecule has 4 nitrogen and oxygen atoms in total. The van der Waals surface area contributed by atoms with Crippen molar-refractivity contribution in [2.45, 2.75) is 5.41 Å². The number of fused-ring (bicyclic) bond motifs is 9. The first kappa shape index (κ1) is 28.4. The van der Waals surface area contributed by atoms with Gasteiger partial charge >= 0.3 is 0 Å². The first-order chi connectivity index (χ1) is 24.8. The van der Waals surface area contributed by atoms with E-state index in [-0.39, 0.29) is 0 Å². The van der Waals surface area contributed by atoms with Crippen molar-refractivity contribution in [3.8, 4) is 67.9 Å². The lowest BCUT2D eigenvalue weighted by molar-refractivity contribution is 0.436. The summed E-state index contributed by atoms with van der Waals surface area (Å²) in [6.07, 6.45) is 0. The van der Waals surface area contributed by atoms with E-state index in [1.165, 1.54) is 22.3 Å². The molecule has 0 N–H and O–H groups in total. The van der Waals surface area contributed by atoms with E-state index in [9.17, 15) is 0 Å². The van der Waals surface area contributed by atoms with Gasteiger partial charge in [-0.25, -0.2) is 15.0 Å². The van der Waals surface area contributed by atoms with Crippen molar-refractivity contribution in [2.24, 2.45) is 0 Å². The molecule has 2 heterocycles. The molecule has 0 unspecified atom stereocenters. The minimum absolute atomic E-state index is 0.574. The molecule has 0 bridgehead atoms. The van der Waals surface area contributed by atoms with Gasteiger partial charge in [-0.1, -0.05) is 146 Å². The molecule has 234 valence electrons. The molecule has 1 spiro atoms. The van der Waals surface area contributed by atoms with Crippen molar-refractivity contribution >= 4 is 0 Å². The molecule has 1 aliphatic heterocycles. The molecule has 0 radical (unpaired) electrons. The van der Waals surface area contributed by atoms with Crippen LogP contribution < -0.4 is 4.74 Å². The molecular formula is C46H29N3O. The third-order valence-electron chi connectivity index (χ3n) is 10.0. The van der Waals surface area contributed by atoms with Crippen molar-refractivity contribution in [2.75, 3.05) is 0 Å². The van der Waals surface area contributed by atoms with Crippen LogP contribution >= 0.6 is 0 Å². The molecule has 10 rings (SSSR count). The lowest BCUT2D eigenvalue weighted by Gasteiger charge is -2.39. The maximum atomic E-state index is 6.67. The first-order valence-corrected chi connectivity index (χ1v) is 16.9. The predicted molar refractivity (Wildman–Crippen MR) is 199 cm³/mol. The topological polar surface area (TPSA) is 47.9 Å². The van der Waals surface area contributed by atoms with Gasteiger partial charge in [0, 0.05) is 27.8 Å². The highest BCUT2D eigenvalue weighted by Crippen LogP contribution is 2.62. The van der Waals surface area contributed by atoms with E-state index in [0.29, 0.717) is 17.5 Å². The summed E-state index contributed by atoms with van der Waals surface area (Å²) in [6, 6.07) is 61.3. The molecule has 0 saturated carbocycles. The molecule has 1 aromatic heterocycles. The highest BCUT2D eigenvalue weighted by molar-refractivity contribution is 5.89. The van der Waals surface area contributed by atoms with Crippen LogP contribution in [0.4, 0.5) is 0 Å². The standard InChI is InChI=1S/C46H29N3O/c1-3-14-30(15-4-1)32-18-13-19-33(28-32)44-47-43(31-16-5-2-6-17-31)48-45(49-44)34-26-27-42-40(29-34)46(39-24-11-12-25-41(39)50-42)37-22-9-7-20-35(37)36-21-8-10-23-38(36)46/h1-29H. The highest BCUT2D eigenvalue weighted by atomic mass is 16.5. The van der Waals surface area contributed by atoms with E-state index in [0.717, 1.165) is 50.4 Å². The summed E-state index contributed by atoms with van der Waals surface area (Å²) in [5.41, 5.74) is 11.6. The third-order valence-corrected chi connectivity index (χ3v) is 10.0. The van der Waals surface area contributed by atoms with Crippen molar-refractivity contribution in [3.05, 3.63) is 198 Å². The van der Waals surface area contributed by atoms with Crippen LogP contribution in [0.1, 0.15) is 22.3 Å². The second-order valence-corrected chi connectivity index (χ2v) is 12.8. The summed E-state index contributed by atoms with van der Waals surface area (Å²) in [5.74, 6) is 3.55. The average Bonchev–Trinajstić information content (AvgIpc) is 3.49. The fourth-order valence-electron chi connectivity index (χ4n) is 7.81. The second-order valence-electron chi connectivity index (χ2n) is 12.8. The SMILES string of the molecule is c1ccc(-c2cccc(-c3nc(-c4ccccc4)nc(-c4ccc5c(c4)C4(c6ccccc6O5)c5ccccc5-c5ccccc54)n3)c2)cc1. The summed E-state index contributed by atoms with van der Waals surface area (Å²) in [5, 5.41) is 0. The summed E-state index contributed by atoms with van der Waals surface area (Å²) < 4.78 is 6.67. The van der Waals surface area contributed by atoms with Gasteiger partial charge in [-0.05, 0) is 63.7 Å². The van der Waals surface area contributed by atoms with Crippen LogP contribution in [0.15, 0.2) is 176 Å². The zero-order valence-electron chi connectivity index (χ0n) is 27.0. The second kappa shape index (κ2) is 11.2. The van der Waals surface area contributed by atoms with Crippen LogP contribution in [-0.2, 0) is 5.41 Å². The van der Waals surface area contributed by atoms with Gasteiger partial charge in [0.25, 0.3) is 0 Å². The number of benzene rings is 7. The van der Waals surface area contributed by atoms with Crippen LogP contribution in [0.2, 0.25) is 0 Å². The maximum absolute atomic E-state index is 6.67. The molecule has 0 atom stereocenters. The predicted octanol–water partition coefficient (Wildman–Crippen LogP) is 11.0. The van der Waals surface area contributed by atoms with Gasteiger partial charge in [0.1, 0.15) is 11.5 Å². The zero-order valence-corrected chi connectivity index (χ0v) is 27.0. The Labute approximate surface area is 290 Å². The molecular weight excluding hydrogens is 611 g/mol. The van der Waals surface area contributed by atoms with Gasteiger partial charge in [-0.15, -0.1) is 0 Å². The van der Waals surface area contributed by atoms with Crippen LogP contribution in [0, 0.1) is 0 Å². The third kappa shape index (κ3) is 4.28. The van der Waals surface area contributed by atoms with Crippen LogP contribution in [0.25, 0.3) is 56.4 Å². The van der Waals surface area contributed by atoms with Crippen LogP contribution in [-0.4, -0.2) is 15.0 Å². The Morgan fingerprint density at radius 3 is 1.48 bits per heavy atom. The number of aromatic nitrogens is 3. The highest BCUT2D eigenvalue weighted by Gasteiger charge is 2.51.